The summed E-state index contributed by atoms with van der Waals surface area (Å²) in [7, 11) is 0. The Labute approximate surface area is 104 Å². The predicted molar refractivity (Wildman–Crippen MR) is 56.0 cm³/mol. The number of ether oxygens (including phenoxy) is 3. The lowest BCUT2D eigenvalue weighted by atomic mass is 9.80. The van der Waals surface area contributed by atoms with Crippen LogP contribution in [-0.4, -0.2) is 37.7 Å². The molecule has 1 heterocycles. The second-order valence-electron chi connectivity index (χ2n) is 5.15. The Morgan fingerprint density at radius 2 is 2.22 bits per heavy atom. The molecule has 6 nitrogen and oxygen atoms in total. The van der Waals surface area contributed by atoms with Crippen molar-refractivity contribution in [2.45, 2.75) is 18.9 Å². The number of cyclic esters (lactones) is 1. The fraction of sp³-hybridized carbons (Fsp3) is 0.750. The van der Waals surface area contributed by atoms with Crippen LogP contribution in [0.2, 0.25) is 0 Å². The highest BCUT2D eigenvalue weighted by molar-refractivity contribution is 5.76. The van der Waals surface area contributed by atoms with E-state index in [2.05, 4.69) is 4.74 Å². The van der Waals surface area contributed by atoms with Gasteiger partial charge in [-0.3, -0.25) is 9.59 Å². The number of fused-ring (bicyclic) bond motifs is 5. The minimum Gasteiger partial charge on any atom is -0.465 e. The van der Waals surface area contributed by atoms with Crippen LogP contribution in [0.1, 0.15) is 12.8 Å². The van der Waals surface area contributed by atoms with Crippen LogP contribution in [-0.2, 0) is 28.6 Å². The zero-order valence-corrected chi connectivity index (χ0v) is 9.74. The summed E-state index contributed by atoms with van der Waals surface area (Å²) in [6.07, 6.45) is 1.48. The topological polar surface area (TPSA) is 78.9 Å². The van der Waals surface area contributed by atoms with Gasteiger partial charge in [0.05, 0.1) is 12.5 Å². The van der Waals surface area contributed by atoms with Crippen LogP contribution >= 0.6 is 0 Å². The van der Waals surface area contributed by atoms with E-state index in [0.717, 1.165) is 12.8 Å². The first kappa shape index (κ1) is 11.5. The number of carbonyl (C=O) groups is 3. The van der Waals surface area contributed by atoms with E-state index in [4.69, 9.17) is 9.47 Å². The van der Waals surface area contributed by atoms with Crippen LogP contribution in [0, 0.1) is 23.7 Å². The molecule has 6 heteroatoms. The Bertz CT molecular complexity index is 392. The van der Waals surface area contributed by atoms with Crippen LogP contribution in [0.5, 0.6) is 0 Å². The van der Waals surface area contributed by atoms with Crippen molar-refractivity contribution in [1.29, 1.82) is 0 Å². The van der Waals surface area contributed by atoms with Gasteiger partial charge in [-0.05, 0) is 18.8 Å². The van der Waals surface area contributed by atoms with Crippen molar-refractivity contribution in [1.82, 2.24) is 0 Å². The Hall–Kier alpha value is -1.59. The normalized spacial score (nSPS) is 40.2. The standard InChI is InChI=1S/C12H14O6/c13-5-16-4-10(14)18-9-2-6-1-7(9)11-8(6)3-17-12(11)15/h5-9,11H,1-4H2. The fourth-order valence-corrected chi connectivity index (χ4v) is 3.71. The molecule has 3 fully saturated rings. The molecule has 0 aromatic heterocycles. The first-order chi connectivity index (χ1) is 8.70. The van der Waals surface area contributed by atoms with E-state index in [0.29, 0.717) is 18.4 Å². The minimum absolute atomic E-state index is 0.0789. The summed E-state index contributed by atoms with van der Waals surface area (Å²) in [5, 5.41) is 0. The van der Waals surface area contributed by atoms with Crippen molar-refractivity contribution >= 4 is 18.4 Å². The quantitative estimate of drug-likeness (QED) is 0.396. The van der Waals surface area contributed by atoms with E-state index in [-0.39, 0.29) is 37.0 Å². The molecule has 2 bridgehead atoms. The number of hydrogen-bond donors (Lipinski definition) is 0. The van der Waals surface area contributed by atoms with Crippen molar-refractivity contribution in [3.63, 3.8) is 0 Å². The van der Waals surface area contributed by atoms with Gasteiger partial charge in [0.1, 0.15) is 6.10 Å². The second-order valence-corrected chi connectivity index (χ2v) is 5.15. The molecule has 0 spiro atoms. The van der Waals surface area contributed by atoms with E-state index in [1.165, 1.54) is 0 Å². The zero-order valence-electron chi connectivity index (χ0n) is 9.74. The van der Waals surface area contributed by atoms with Gasteiger partial charge in [-0.25, -0.2) is 4.79 Å². The van der Waals surface area contributed by atoms with Crippen LogP contribution < -0.4 is 0 Å². The Morgan fingerprint density at radius 3 is 3.00 bits per heavy atom. The van der Waals surface area contributed by atoms with Gasteiger partial charge in [-0.1, -0.05) is 0 Å². The molecule has 98 valence electrons. The van der Waals surface area contributed by atoms with Gasteiger partial charge in [0.25, 0.3) is 6.47 Å². The zero-order chi connectivity index (χ0) is 12.7. The number of rotatable bonds is 4. The van der Waals surface area contributed by atoms with Gasteiger partial charge in [0.2, 0.25) is 0 Å². The van der Waals surface area contributed by atoms with Crippen LogP contribution in [0.15, 0.2) is 0 Å². The van der Waals surface area contributed by atoms with Gasteiger partial charge in [-0.2, -0.15) is 0 Å². The summed E-state index contributed by atoms with van der Waals surface area (Å²) in [5.41, 5.74) is 0. The summed E-state index contributed by atoms with van der Waals surface area (Å²) in [5.74, 6) is -0.0106. The number of carbonyl (C=O) groups excluding carboxylic acids is 3. The molecule has 0 aromatic rings. The molecule has 1 saturated heterocycles. The predicted octanol–water partition coefficient (Wildman–Crippen LogP) is -0.0998. The molecule has 0 radical (unpaired) electrons. The molecule has 3 rings (SSSR count). The molecular formula is C12H14O6. The van der Waals surface area contributed by atoms with E-state index < -0.39 is 5.97 Å². The Balaban J connectivity index is 1.62. The highest BCUT2D eigenvalue weighted by atomic mass is 16.6. The number of esters is 2. The van der Waals surface area contributed by atoms with Crippen LogP contribution in [0.4, 0.5) is 0 Å². The van der Waals surface area contributed by atoms with Gasteiger partial charge in [-0.15, -0.1) is 0 Å². The van der Waals surface area contributed by atoms with Gasteiger partial charge in [0, 0.05) is 11.8 Å². The maximum Gasteiger partial charge on any atom is 0.344 e. The largest absolute Gasteiger partial charge is 0.465 e. The highest BCUT2D eigenvalue weighted by Crippen LogP contribution is 2.55. The van der Waals surface area contributed by atoms with E-state index in [1.807, 2.05) is 0 Å². The fourth-order valence-electron chi connectivity index (χ4n) is 3.71. The van der Waals surface area contributed by atoms with Gasteiger partial charge in [0.15, 0.2) is 6.61 Å². The average molecular weight is 254 g/mol. The summed E-state index contributed by atoms with van der Waals surface area (Å²) in [4.78, 5) is 33.0. The van der Waals surface area contributed by atoms with E-state index in [1.54, 1.807) is 0 Å². The smallest absolute Gasteiger partial charge is 0.344 e. The maximum atomic E-state index is 11.6. The lowest BCUT2D eigenvalue weighted by Gasteiger charge is -2.27. The first-order valence-corrected chi connectivity index (χ1v) is 6.12. The van der Waals surface area contributed by atoms with Crippen molar-refractivity contribution in [2.24, 2.45) is 23.7 Å². The molecule has 18 heavy (non-hydrogen) atoms. The maximum absolute atomic E-state index is 11.6. The molecule has 0 N–H and O–H groups in total. The van der Waals surface area contributed by atoms with Gasteiger partial charge < -0.3 is 14.2 Å². The molecule has 0 aromatic carbocycles. The molecule has 0 amide bonds. The summed E-state index contributed by atoms with van der Waals surface area (Å²) in [6, 6.07) is 0. The molecule has 1 aliphatic heterocycles. The van der Waals surface area contributed by atoms with Crippen molar-refractivity contribution in [3.8, 4) is 0 Å². The summed E-state index contributed by atoms with van der Waals surface area (Å²) >= 11 is 0. The van der Waals surface area contributed by atoms with Crippen LogP contribution in [0.3, 0.4) is 0 Å². The molecule has 2 saturated carbocycles. The Morgan fingerprint density at radius 1 is 1.39 bits per heavy atom. The monoisotopic (exact) mass is 254 g/mol. The summed E-state index contributed by atoms with van der Waals surface area (Å²) in [6.45, 7) is 0.363. The first-order valence-electron chi connectivity index (χ1n) is 6.12. The molecule has 5 atom stereocenters. The van der Waals surface area contributed by atoms with Crippen molar-refractivity contribution in [3.05, 3.63) is 0 Å². The van der Waals surface area contributed by atoms with E-state index >= 15 is 0 Å². The third-order valence-corrected chi connectivity index (χ3v) is 4.36. The average Bonchev–Trinajstić information content (AvgIpc) is 2.99. The number of hydrogen-bond acceptors (Lipinski definition) is 6. The lowest BCUT2D eigenvalue weighted by Crippen LogP contribution is -2.36. The SMILES string of the molecule is O=COCC(=O)OC1CC2CC1C1C(=O)OCC21. The highest BCUT2D eigenvalue weighted by Gasteiger charge is 2.60. The van der Waals surface area contributed by atoms with Crippen LogP contribution in [0.25, 0.3) is 0 Å². The second kappa shape index (κ2) is 4.26. The lowest BCUT2D eigenvalue weighted by molar-refractivity contribution is -0.162. The third kappa shape index (κ3) is 1.67. The molecule has 3 aliphatic rings. The minimum atomic E-state index is -0.553. The van der Waals surface area contributed by atoms with E-state index in [9.17, 15) is 14.4 Å². The third-order valence-electron chi connectivity index (χ3n) is 4.36. The van der Waals surface area contributed by atoms with Crippen molar-refractivity contribution < 1.29 is 28.6 Å². The van der Waals surface area contributed by atoms with Gasteiger partial charge >= 0.3 is 11.9 Å². The van der Waals surface area contributed by atoms with Crippen molar-refractivity contribution in [2.75, 3.05) is 13.2 Å². The molecular weight excluding hydrogens is 240 g/mol. The summed E-state index contributed by atoms with van der Waals surface area (Å²) < 4.78 is 14.7. The Kier molecular flexibility index (Phi) is 2.72. The molecule has 5 unspecified atom stereocenters. The molecule has 2 aliphatic carbocycles.